The molecule has 1 aliphatic heterocycles. The molecule has 2 amide bonds. The van der Waals surface area contributed by atoms with Crippen molar-refractivity contribution in [3.8, 4) is 17.4 Å². The van der Waals surface area contributed by atoms with Crippen LogP contribution in [-0.4, -0.2) is 73.0 Å². The Balaban J connectivity index is 1.30. The molecule has 38 heavy (non-hydrogen) atoms. The summed E-state index contributed by atoms with van der Waals surface area (Å²) in [5.74, 6) is 0.540. The van der Waals surface area contributed by atoms with Gasteiger partial charge in [0.25, 0.3) is 0 Å². The van der Waals surface area contributed by atoms with Crippen molar-refractivity contribution in [1.82, 2.24) is 15.3 Å². The summed E-state index contributed by atoms with van der Waals surface area (Å²) in [6.07, 6.45) is -0.727. The number of urea groups is 1. The maximum absolute atomic E-state index is 12.7. The first-order chi connectivity index (χ1) is 18.2. The first kappa shape index (κ1) is 27.5. The lowest BCUT2D eigenvalue weighted by atomic mass is 9.93. The lowest BCUT2D eigenvalue weighted by Crippen LogP contribution is -2.42. The number of rotatable bonds is 8. The predicted octanol–water partition coefficient (Wildman–Crippen LogP) is 3.22. The van der Waals surface area contributed by atoms with E-state index in [-0.39, 0.29) is 29.1 Å². The Kier molecular flexibility index (Phi) is 8.94. The zero-order chi connectivity index (χ0) is 27.1. The number of hydrogen-bond acceptors (Lipinski definition) is 9. The van der Waals surface area contributed by atoms with E-state index in [1.54, 1.807) is 12.3 Å². The van der Waals surface area contributed by atoms with E-state index in [9.17, 15) is 23.1 Å². The first-order valence-corrected chi connectivity index (χ1v) is 12.2. The monoisotopic (exact) mass is 541 g/mol. The second-order valence-corrected chi connectivity index (χ2v) is 8.85. The predicted molar refractivity (Wildman–Crippen MR) is 129 cm³/mol. The molecule has 1 saturated heterocycles. The van der Waals surface area contributed by atoms with Crippen LogP contribution in [0, 0.1) is 0 Å². The van der Waals surface area contributed by atoms with Crippen molar-refractivity contribution < 1.29 is 42.0 Å². The van der Waals surface area contributed by atoms with Gasteiger partial charge in [-0.1, -0.05) is 0 Å². The van der Waals surface area contributed by atoms with E-state index in [0.717, 1.165) is 25.2 Å². The van der Waals surface area contributed by atoms with Gasteiger partial charge >= 0.3 is 12.4 Å². The van der Waals surface area contributed by atoms with Gasteiger partial charge < -0.3 is 39.6 Å². The van der Waals surface area contributed by atoms with Crippen LogP contribution in [0.4, 0.5) is 29.6 Å². The summed E-state index contributed by atoms with van der Waals surface area (Å²) in [4.78, 5) is 23.5. The van der Waals surface area contributed by atoms with Crippen LogP contribution in [0.3, 0.4) is 0 Å². The normalized spacial score (nSPS) is 20.0. The van der Waals surface area contributed by atoms with Gasteiger partial charge in [0.1, 0.15) is 17.6 Å². The van der Waals surface area contributed by atoms with E-state index in [1.807, 2.05) is 4.90 Å². The Morgan fingerprint density at radius 2 is 1.95 bits per heavy atom. The molecule has 0 radical (unpaired) electrons. The van der Waals surface area contributed by atoms with Gasteiger partial charge in [0.05, 0.1) is 32.6 Å². The van der Waals surface area contributed by atoms with Gasteiger partial charge in [0, 0.05) is 43.0 Å². The molecule has 4 rings (SSSR count). The van der Waals surface area contributed by atoms with E-state index < -0.39 is 24.7 Å². The fourth-order valence-electron chi connectivity index (χ4n) is 4.46. The van der Waals surface area contributed by atoms with Crippen LogP contribution in [0.5, 0.6) is 17.4 Å². The average Bonchev–Trinajstić information content (AvgIpc) is 2.89. The average molecular weight is 542 g/mol. The van der Waals surface area contributed by atoms with Gasteiger partial charge in [-0.25, -0.2) is 9.78 Å². The Bertz CT molecular complexity index is 1090. The van der Waals surface area contributed by atoms with Gasteiger partial charge in [-0.05, 0) is 31.7 Å². The summed E-state index contributed by atoms with van der Waals surface area (Å²) >= 11 is 0. The van der Waals surface area contributed by atoms with Gasteiger partial charge in [-0.15, -0.1) is 13.2 Å². The van der Waals surface area contributed by atoms with E-state index in [1.165, 1.54) is 7.11 Å². The Labute approximate surface area is 217 Å². The summed E-state index contributed by atoms with van der Waals surface area (Å²) in [6, 6.07) is 2.92. The molecule has 1 aromatic heterocycles. The fraction of sp³-hybridized carbons (Fsp3) is 0.542. The number of amides is 2. The number of alkyl halides is 3. The van der Waals surface area contributed by atoms with Crippen molar-refractivity contribution in [3.05, 3.63) is 30.0 Å². The molecule has 1 aliphatic carbocycles. The second kappa shape index (κ2) is 12.3. The molecule has 2 aromatic rings. The second-order valence-electron chi connectivity index (χ2n) is 8.85. The molecule has 11 nitrogen and oxygen atoms in total. The van der Waals surface area contributed by atoms with E-state index in [4.69, 9.17) is 14.2 Å². The number of hydrogen-bond donors (Lipinski definition) is 3. The minimum Gasteiger partial charge on any atom is -0.494 e. The minimum absolute atomic E-state index is 0.0312. The van der Waals surface area contributed by atoms with Crippen molar-refractivity contribution in [3.63, 3.8) is 0 Å². The molecule has 0 unspecified atom stereocenters. The Morgan fingerprint density at radius 1 is 1.21 bits per heavy atom. The molecule has 208 valence electrons. The van der Waals surface area contributed by atoms with Crippen molar-refractivity contribution >= 4 is 17.7 Å². The summed E-state index contributed by atoms with van der Waals surface area (Å²) in [7, 11) is 1.28. The number of aliphatic hydroxyl groups excluding tert-OH is 1. The zero-order valence-electron chi connectivity index (χ0n) is 20.8. The first-order valence-electron chi connectivity index (χ1n) is 12.2. The van der Waals surface area contributed by atoms with Crippen molar-refractivity contribution in [2.24, 2.45) is 0 Å². The third kappa shape index (κ3) is 7.51. The number of carbonyl (C=O) groups excluding carboxylic acids is 1. The number of nitrogens with one attached hydrogen (secondary N) is 2. The number of morpholine rings is 1. The number of aromatic nitrogens is 2. The van der Waals surface area contributed by atoms with Crippen LogP contribution in [0.1, 0.15) is 31.2 Å². The van der Waals surface area contributed by atoms with Crippen LogP contribution in [0.25, 0.3) is 0 Å². The van der Waals surface area contributed by atoms with Crippen LogP contribution >= 0.6 is 0 Å². The molecule has 0 spiro atoms. The van der Waals surface area contributed by atoms with Crippen LogP contribution in [-0.2, 0) is 11.3 Å². The molecule has 2 fully saturated rings. The lowest BCUT2D eigenvalue weighted by molar-refractivity contribution is -0.274. The van der Waals surface area contributed by atoms with Gasteiger partial charge in [0.2, 0.25) is 11.8 Å². The van der Waals surface area contributed by atoms with Crippen LogP contribution in [0.15, 0.2) is 24.4 Å². The van der Waals surface area contributed by atoms with Gasteiger partial charge in [-0.2, -0.15) is 4.98 Å². The molecule has 0 atom stereocenters. The maximum Gasteiger partial charge on any atom is 0.573 e. The molecular weight excluding hydrogens is 511 g/mol. The van der Waals surface area contributed by atoms with Crippen LogP contribution < -0.4 is 29.7 Å². The molecule has 0 bridgehead atoms. The molecule has 1 saturated carbocycles. The van der Waals surface area contributed by atoms with Gasteiger partial charge in [0.15, 0.2) is 0 Å². The van der Waals surface area contributed by atoms with Crippen molar-refractivity contribution in [2.45, 2.75) is 50.8 Å². The third-order valence-corrected chi connectivity index (χ3v) is 6.20. The summed E-state index contributed by atoms with van der Waals surface area (Å²) in [5, 5.41) is 14.9. The molecule has 1 aromatic carbocycles. The smallest absolute Gasteiger partial charge is 0.494 e. The molecule has 2 heterocycles. The Morgan fingerprint density at radius 3 is 2.61 bits per heavy atom. The Hall–Kier alpha value is -3.52. The van der Waals surface area contributed by atoms with E-state index >= 15 is 0 Å². The maximum atomic E-state index is 12.7. The highest BCUT2D eigenvalue weighted by Gasteiger charge is 2.32. The quantitative estimate of drug-likeness (QED) is 0.462. The number of ether oxygens (including phenoxy) is 4. The van der Waals surface area contributed by atoms with Crippen LogP contribution in [0.2, 0.25) is 0 Å². The highest BCUT2D eigenvalue weighted by atomic mass is 19.4. The SMILES string of the molecule is COc1c(CO)cc(OC(F)(F)F)cc1NC(=O)NC1CCC(Oc2ccnc(N3CCOCC3)n2)CC1. The number of nitrogens with zero attached hydrogens (tertiary/aromatic N) is 3. The number of halogens is 3. The van der Waals surface area contributed by atoms with Crippen molar-refractivity contribution in [2.75, 3.05) is 43.6 Å². The number of carbonyl (C=O) groups is 1. The summed E-state index contributed by atoms with van der Waals surface area (Å²) in [5.41, 5.74) is -0.0311. The highest BCUT2D eigenvalue weighted by Crippen LogP contribution is 2.36. The zero-order valence-corrected chi connectivity index (χ0v) is 20.8. The number of aliphatic hydroxyl groups is 1. The number of methoxy groups -OCH3 is 1. The standard InChI is InChI=1S/C24H30F3N5O6/c1-35-21-15(14-33)12-18(38-24(25,26)27)13-19(21)30-23(34)29-16-2-4-17(5-3-16)37-20-6-7-28-22(31-20)32-8-10-36-11-9-32/h6-7,12-13,16-17,33H,2-5,8-11,14H2,1H3,(H2,29,30,34). The summed E-state index contributed by atoms with van der Waals surface area (Å²) in [6.45, 7) is 2.07. The fourth-order valence-corrected chi connectivity index (χ4v) is 4.46. The highest BCUT2D eigenvalue weighted by molar-refractivity contribution is 5.91. The molecular formula is C24H30F3N5O6. The number of benzene rings is 1. The minimum atomic E-state index is -4.93. The number of anilines is 2. The summed E-state index contributed by atoms with van der Waals surface area (Å²) < 4.78 is 58.7. The van der Waals surface area contributed by atoms with Gasteiger partial charge in [-0.3, -0.25) is 0 Å². The largest absolute Gasteiger partial charge is 0.573 e. The molecule has 3 N–H and O–H groups in total. The topological polar surface area (TPSA) is 127 Å². The van der Waals surface area contributed by atoms with Crippen molar-refractivity contribution in [1.29, 1.82) is 0 Å². The van der Waals surface area contributed by atoms with E-state index in [2.05, 4.69) is 25.3 Å². The van der Waals surface area contributed by atoms with E-state index in [0.29, 0.717) is 50.7 Å². The molecule has 2 aliphatic rings. The lowest BCUT2D eigenvalue weighted by Gasteiger charge is -2.30. The molecule has 14 heteroatoms. The third-order valence-electron chi connectivity index (χ3n) is 6.20.